The quantitative estimate of drug-likeness (QED) is 0.437. The number of fused-ring (bicyclic) bond motifs is 3. The standard InChI is InChI=1S/C23H16N4O3/c1-30-23(29)17-12-6-8-14-19(17)27-18-13-7-5-11-16(18)20-21(25-27)22(28)26(24-20)15-9-3-2-4-10-15/h2-14H,1H3. The molecule has 146 valence electrons. The first kappa shape index (κ1) is 17.8. The summed E-state index contributed by atoms with van der Waals surface area (Å²) in [6.07, 6.45) is 0. The molecule has 0 spiro atoms. The van der Waals surface area contributed by atoms with Crippen molar-refractivity contribution in [3.05, 3.63) is 94.8 Å². The van der Waals surface area contributed by atoms with Crippen LogP contribution in [0, 0.1) is 0 Å². The van der Waals surface area contributed by atoms with Crippen LogP contribution in [0.4, 0.5) is 0 Å². The summed E-state index contributed by atoms with van der Waals surface area (Å²) in [5.41, 5.74) is 2.65. The van der Waals surface area contributed by atoms with Crippen LogP contribution in [0.3, 0.4) is 0 Å². The van der Waals surface area contributed by atoms with E-state index in [2.05, 4.69) is 10.2 Å². The Kier molecular flexibility index (Phi) is 4.14. The third-order valence-corrected chi connectivity index (χ3v) is 4.94. The van der Waals surface area contributed by atoms with Crippen molar-refractivity contribution in [3.8, 4) is 22.8 Å². The van der Waals surface area contributed by atoms with Gasteiger partial charge in [-0.2, -0.15) is 14.9 Å². The van der Waals surface area contributed by atoms with Crippen molar-refractivity contribution in [2.24, 2.45) is 0 Å². The fraction of sp³-hybridized carbons (Fsp3) is 0.0435. The number of carbonyl (C=O) groups is 1. The van der Waals surface area contributed by atoms with E-state index in [1.165, 1.54) is 11.8 Å². The lowest BCUT2D eigenvalue weighted by Gasteiger charge is -2.14. The van der Waals surface area contributed by atoms with E-state index in [0.29, 0.717) is 22.6 Å². The van der Waals surface area contributed by atoms with Crippen LogP contribution in [0.25, 0.3) is 33.7 Å². The van der Waals surface area contributed by atoms with Crippen LogP contribution in [0.2, 0.25) is 0 Å². The maximum Gasteiger partial charge on any atom is 0.340 e. The number of rotatable bonds is 3. The Morgan fingerprint density at radius 3 is 2.27 bits per heavy atom. The zero-order valence-electron chi connectivity index (χ0n) is 16.0. The molecule has 2 aliphatic rings. The number of aromatic nitrogens is 4. The second kappa shape index (κ2) is 6.97. The van der Waals surface area contributed by atoms with Crippen LogP contribution >= 0.6 is 0 Å². The van der Waals surface area contributed by atoms with Gasteiger partial charge in [0.25, 0.3) is 0 Å². The number of hydrogen-bond donors (Lipinski definition) is 0. The average molecular weight is 396 g/mol. The van der Waals surface area contributed by atoms with Gasteiger partial charge in [0, 0.05) is 5.39 Å². The molecule has 0 radical (unpaired) electrons. The van der Waals surface area contributed by atoms with Gasteiger partial charge in [-0.3, -0.25) is 4.79 Å². The van der Waals surface area contributed by atoms with Gasteiger partial charge in [-0.1, -0.05) is 48.5 Å². The van der Waals surface area contributed by atoms with Crippen LogP contribution < -0.4 is 5.56 Å². The topological polar surface area (TPSA) is 79.0 Å². The van der Waals surface area contributed by atoms with Crippen molar-refractivity contribution in [1.82, 2.24) is 19.6 Å². The number of nitrogens with zero attached hydrogens (tertiary/aromatic N) is 4. The van der Waals surface area contributed by atoms with E-state index in [-0.39, 0.29) is 11.3 Å². The van der Waals surface area contributed by atoms with Crippen molar-refractivity contribution in [3.63, 3.8) is 0 Å². The molecule has 0 amide bonds. The van der Waals surface area contributed by atoms with Gasteiger partial charge in [0.2, 0.25) is 0 Å². The molecule has 0 saturated carbocycles. The summed E-state index contributed by atoms with van der Waals surface area (Å²) in [6, 6.07) is 23.7. The van der Waals surface area contributed by atoms with Crippen LogP contribution in [0.1, 0.15) is 10.4 Å². The van der Waals surface area contributed by atoms with Crippen LogP contribution in [-0.4, -0.2) is 32.6 Å². The summed E-state index contributed by atoms with van der Waals surface area (Å²) >= 11 is 0. The SMILES string of the molecule is COC(=O)c1ccccc1-n1nc2c(=O)n(-c3ccccc3)nc-2c2ccccc21. The number of para-hydroxylation sites is 3. The van der Waals surface area contributed by atoms with E-state index in [1.54, 1.807) is 28.9 Å². The molecule has 7 heteroatoms. The van der Waals surface area contributed by atoms with Gasteiger partial charge in [-0.15, -0.1) is 0 Å². The molecule has 0 saturated heterocycles. The van der Waals surface area contributed by atoms with Crippen LogP contribution in [0.15, 0.2) is 83.7 Å². The molecule has 0 atom stereocenters. The lowest BCUT2D eigenvalue weighted by molar-refractivity contribution is 0.0600. The fourth-order valence-electron chi connectivity index (χ4n) is 3.55. The lowest BCUT2D eigenvalue weighted by Crippen LogP contribution is -2.17. The Hall–Kier alpha value is -4.26. The molecule has 0 aliphatic carbocycles. The number of benzene rings is 3. The molecule has 3 aromatic carbocycles. The Morgan fingerprint density at radius 2 is 1.47 bits per heavy atom. The van der Waals surface area contributed by atoms with Gasteiger partial charge in [-0.05, 0) is 30.3 Å². The first-order chi connectivity index (χ1) is 14.7. The highest BCUT2D eigenvalue weighted by Crippen LogP contribution is 2.29. The average Bonchev–Trinajstić information content (AvgIpc) is 3.15. The van der Waals surface area contributed by atoms with Gasteiger partial charge >= 0.3 is 11.5 Å². The molecule has 0 N–H and O–H groups in total. The van der Waals surface area contributed by atoms with Crippen LogP contribution in [-0.2, 0) is 4.74 Å². The molecule has 0 fully saturated rings. The largest absolute Gasteiger partial charge is 0.465 e. The van der Waals surface area contributed by atoms with Gasteiger partial charge in [0.15, 0.2) is 5.69 Å². The molecule has 2 heterocycles. The molecule has 5 rings (SSSR count). The molecule has 30 heavy (non-hydrogen) atoms. The molecule has 0 bridgehead atoms. The molecular formula is C23H16N4O3. The van der Waals surface area contributed by atoms with E-state index in [0.717, 1.165) is 10.9 Å². The Balaban J connectivity index is 1.87. The summed E-state index contributed by atoms with van der Waals surface area (Å²) in [5, 5.41) is 9.92. The summed E-state index contributed by atoms with van der Waals surface area (Å²) in [7, 11) is 1.33. The molecule has 0 aromatic heterocycles. The first-order valence-corrected chi connectivity index (χ1v) is 9.33. The third kappa shape index (κ3) is 2.68. The van der Waals surface area contributed by atoms with Crippen LogP contribution in [0.5, 0.6) is 0 Å². The minimum Gasteiger partial charge on any atom is -0.465 e. The normalized spacial score (nSPS) is 11.1. The summed E-state index contributed by atoms with van der Waals surface area (Å²) < 4.78 is 7.87. The van der Waals surface area contributed by atoms with Gasteiger partial charge < -0.3 is 4.74 Å². The van der Waals surface area contributed by atoms with E-state index < -0.39 is 5.97 Å². The number of ether oxygens (including phenoxy) is 1. The highest BCUT2D eigenvalue weighted by atomic mass is 16.5. The van der Waals surface area contributed by atoms with Crippen molar-refractivity contribution in [2.45, 2.75) is 0 Å². The Morgan fingerprint density at radius 1 is 0.800 bits per heavy atom. The zero-order valence-corrected chi connectivity index (χ0v) is 16.0. The smallest absolute Gasteiger partial charge is 0.340 e. The molecule has 0 unspecified atom stereocenters. The monoisotopic (exact) mass is 396 g/mol. The van der Waals surface area contributed by atoms with Crippen molar-refractivity contribution in [2.75, 3.05) is 7.11 Å². The minimum atomic E-state index is -0.480. The number of carbonyl (C=O) groups excluding carboxylic acids is 1. The van der Waals surface area contributed by atoms with E-state index in [4.69, 9.17) is 4.74 Å². The Labute approximate surface area is 171 Å². The summed E-state index contributed by atoms with van der Waals surface area (Å²) in [4.78, 5) is 25.5. The number of hydrogen-bond acceptors (Lipinski definition) is 5. The molecule has 3 aromatic rings. The highest BCUT2D eigenvalue weighted by molar-refractivity contribution is 5.96. The van der Waals surface area contributed by atoms with E-state index >= 15 is 0 Å². The highest BCUT2D eigenvalue weighted by Gasteiger charge is 2.24. The minimum absolute atomic E-state index is 0.220. The number of methoxy groups -OCH3 is 1. The maximum atomic E-state index is 13.2. The first-order valence-electron chi connectivity index (χ1n) is 9.33. The predicted octanol–water partition coefficient (Wildman–Crippen LogP) is 3.46. The molecule has 7 nitrogen and oxygen atoms in total. The maximum absolute atomic E-state index is 13.2. The van der Waals surface area contributed by atoms with Gasteiger partial charge in [0.1, 0.15) is 5.69 Å². The lowest BCUT2D eigenvalue weighted by atomic mass is 10.1. The van der Waals surface area contributed by atoms with Gasteiger partial charge in [-0.25, -0.2) is 9.48 Å². The second-order valence-electron chi connectivity index (χ2n) is 6.69. The molecular weight excluding hydrogens is 380 g/mol. The fourth-order valence-corrected chi connectivity index (χ4v) is 3.55. The van der Waals surface area contributed by atoms with E-state index in [9.17, 15) is 9.59 Å². The summed E-state index contributed by atoms with van der Waals surface area (Å²) in [6.45, 7) is 0. The number of esters is 1. The summed E-state index contributed by atoms with van der Waals surface area (Å²) in [5.74, 6) is -0.480. The predicted molar refractivity (Wildman–Crippen MR) is 112 cm³/mol. The van der Waals surface area contributed by atoms with Crippen molar-refractivity contribution >= 4 is 16.9 Å². The van der Waals surface area contributed by atoms with Crippen molar-refractivity contribution < 1.29 is 9.53 Å². The van der Waals surface area contributed by atoms with Crippen molar-refractivity contribution in [1.29, 1.82) is 0 Å². The van der Waals surface area contributed by atoms with E-state index in [1.807, 2.05) is 54.6 Å². The third-order valence-electron chi connectivity index (χ3n) is 4.94. The molecule has 2 aliphatic heterocycles. The zero-order chi connectivity index (χ0) is 20.7. The second-order valence-corrected chi connectivity index (χ2v) is 6.69. The Bertz CT molecular complexity index is 1420. The van der Waals surface area contributed by atoms with Gasteiger partial charge in [0.05, 0.1) is 29.6 Å².